The standard InChI is InChI=1S/C17H19F2N5O2.ClH/c1-23-3-2-20-8-14(23)16-21-17(26-22-16)10-4-15(25)24(9-10)13-6-11(18)5-12(19)7-13;/h5-7,10,14,20H,2-4,8-9H2,1H3;1H. The van der Waals surface area contributed by atoms with Gasteiger partial charge in [-0.3, -0.25) is 9.69 Å². The van der Waals surface area contributed by atoms with Crippen LogP contribution >= 0.6 is 12.4 Å². The highest BCUT2D eigenvalue weighted by Crippen LogP contribution is 2.32. The number of carbonyl (C=O) groups excluding carboxylic acids is 1. The van der Waals surface area contributed by atoms with Gasteiger partial charge in [0.2, 0.25) is 11.8 Å². The first-order chi connectivity index (χ1) is 12.5. The fourth-order valence-corrected chi connectivity index (χ4v) is 3.46. The summed E-state index contributed by atoms with van der Waals surface area (Å²) in [6.45, 7) is 2.78. The molecule has 2 aliphatic heterocycles. The van der Waals surface area contributed by atoms with Crippen molar-refractivity contribution < 1.29 is 18.1 Å². The molecule has 2 saturated heterocycles. The number of likely N-dealkylation sites (N-methyl/N-ethyl adjacent to an activating group) is 1. The molecule has 4 rings (SSSR count). The van der Waals surface area contributed by atoms with Crippen molar-refractivity contribution in [1.29, 1.82) is 0 Å². The molecule has 0 aliphatic carbocycles. The van der Waals surface area contributed by atoms with Gasteiger partial charge in [-0.1, -0.05) is 5.16 Å². The highest BCUT2D eigenvalue weighted by molar-refractivity contribution is 5.96. The molecule has 146 valence electrons. The van der Waals surface area contributed by atoms with Gasteiger partial charge in [0.15, 0.2) is 5.82 Å². The molecule has 0 spiro atoms. The summed E-state index contributed by atoms with van der Waals surface area (Å²) < 4.78 is 32.3. The van der Waals surface area contributed by atoms with Crippen molar-refractivity contribution in [2.45, 2.75) is 18.4 Å². The van der Waals surface area contributed by atoms with Gasteiger partial charge < -0.3 is 14.7 Å². The van der Waals surface area contributed by atoms with Gasteiger partial charge in [0, 0.05) is 44.4 Å². The van der Waals surface area contributed by atoms with Crippen molar-refractivity contribution in [3.05, 3.63) is 41.5 Å². The van der Waals surface area contributed by atoms with E-state index in [9.17, 15) is 13.6 Å². The van der Waals surface area contributed by atoms with Gasteiger partial charge >= 0.3 is 0 Å². The topological polar surface area (TPSA) is 74.5 Å². The van der Waals surface area contributed by atoms with Crippen LogP contribution in [0.1, 0.15) is 30.1 Å². The van der Waals surface area contributed by atoms with Gasteiger partial charge in [0.25, 0.3) is 0 Å². The van der Waals surface area contributed by atoms with Crippen molar-refractivity contribution in [3.63, 3.8) is 0 Å². The predicted molar refractivity (Wildman–Crippen MR) is 95.9 cm³/mol. The molecule has 2 atom stereocenters. The summed E-state index contributed by atoms with van der Waals surface area (Å²) in [5.74, 6) is -0.995. The normalized spacial score (nSPS) is 23.5. The summed E-state index contributed by atoms with van der Waals surface area (Å²) in [6, 6.07) is 3.09. The molecule has 2 unspecified atom stereocenters. The Kier molecular flexibility index (Phi) is 5.73. The molecule has 2 fully saturated rings. The third kappa shape index (κ3) is 3.95. The van der Waals surface area contributed by atoms with Crippen LogP contribution in [0.15, 0.2) is 22.7 Å². The Balaban J connectivity index is 0.00000210. The van der Waals surface area contributed by atoms with E-state index >= 15 is 0 Å². The Morgan fingerprint density at radius 1 is 1.26 bits per heavy atom. The number of aromatic nitrogens is 2. The van der Waals surface area contributed by atoms with Crippen LogP contribution in [0, 0.1) is 11.6 Å². The molecular weight excluding hydrogens is 380 g/mol. The second kappa shape index (κ2) is 7.87. The van der Waals surface area contributed by atoms with E-state index in [-0.39, 0.29) is 48.9 Å². The first-order valence-electron chi connectivity index (χ1n) is 8.52. The minimum atomic E-state index is -0.718. The maximum atomic E-state index is 13.4. The molecule has 0 saturated carbocycles. The number of hydrogen-bond donors (Lipinski definition) is 1. The van der Waals surface area contributed by atoms with Crippen LogP contribution in [-0.2, 0) is 4.79 Å². The number of halogens is 3. The molecule has 2 aromatic rings. The van der Waals surface area contributed by atoms with Crippen LogP contribution < -0.4 is 10.2 Å². The molecule has 1 aromatic carbocycles. The maximum Gasteiger partial charge on any atom is 0.232 e. The lowest BCUT2D eigenvalue weighted by molar-refractivity contribution is -0.117. The van der Waals surface area contributed by atoms with Crippen molar-refractivity contribution >= 4 is 24.0 Å². The zero-order valence-electron chi connectivity index (χ0n) is 14.7. The van der Waals surface area contributed by atoms with Gasteiger partial charge in [-0.15, -0.1) is 12.4 Å². The quantitative estimate of drug-likeness (QED) is 0.849. The molecule has 27 heavy (non-hydrogen) atoms. The molecule has 3 heterocycles. The summed E-state index contributed by atoms with van der Waals surface area (Å²) in [4.78, 5) is 20.3. The van der Waals surface area contributed by atoms with Crippen molar-refractivity contribution in [3.8, 4) is 0 Å². The van der Waals surface area contributed by atoms with E-state index < -0.39 is 11.6 Å². The van der Waals surface area contributed by atoms with E-state index in [4.69, 9.17) is 4.52 Å². The monoisotopic (exact) mass is 399 g/mol. The number of hydrogen-bond acceptors (Lipinski definition) is 6. The van der Waals surface area contributed by atoms with Crippen LogP contribution in [-0.4, -0.2) is 54.2 Å². The average Bonchev–Trinajstić information content (AvgIpc) is 3.21. The Morgan fingerprint density at radius 2 is 2.00 bits per heavy atom. The first-order valence-corrected chi connectivity index (χ1v) is 8.52. The van der Waals surface area contributed by atoms with Gasteiger partial charge in [-0.05, 0) is 19.2 Å². The summed E-state index contributed by atoms with van der Waals surface area (Å²) in [6.07, 6.45) is 0.165. The van der Waals surface area contributed by atoms with E-state index in [2.05, 4.69) is 20.4 Å². The summed E-state index contributed by atoms with van der Waals surface area (Å²) >= 11 is 0. The van der Waals surface area contributed by atoms with E-state index in [1.54, 1.807) is 0 Å². The maximum absolute atomic E-state index is 13.4. The second-order valence-corrected chi connectivity index (χ2v) is 6.72. The highest BCUT2D eigenvalue weighted by atomic mass is 35.5. The van der Waals surface area contributed by atoms with Crippen molar-refractivity contribution in [2.24, 2.45) is 0 Å². The van der Waals surface area contributed by atoms with Crippen LogP contribution in [0.25, 0.3) is 0 Å². The lowest BCUT2D eigenvalue weighted by Crippen LogP contribution is -2.44. The SMILES string of the molecule is CN1CCNCC1c1noc(C2CC(=O)N(c3cc(F)cc(F)c3)C2)n1.Cl. The fraction of sp³-hybridized carbons (Fsp3) is 0.471. The van der Waals surface area contributed by atoms with Gasteiger partial charge in [-0.25, -0.2) is 8.78 Å². The van der Waals surface area contributed by atoms with E-state index in [0.29, 0.717) is 11.7 Å². The third-order valence-corrected chi connectivity index (χ3v) is 4.90. The number of piperazine rings is 1. The van der Waals surface area contributed by atoms with Crippen LogP contribution in [0.3, 0.4) is 0 Å². The van der Waals surface area contributed by atoms with Crippen molar-refractivity contribution in [1.82, 2.24) is 20.4 Å². The summed E-state index contributed by atoms with van der Waals surface area (Å²) in [7, 11) is 2.00. The third-order valence-electron chi connectivity index (χ3n) is 4.90. The van der Waals surface area contributed by atoms with Crippen LogP contribution in [0.2, 0.25) is 0 Å². The molecule has 0 bridgehead atoms. The van der Waals surface area contributed by atoms with E-state index in [1.165, 1.54) is 4.90 Å². The molecule has 2 aliphatic rings. The van der Waals surface area contributed by atoms with Crippen LogP contribution in [0.4, 0.5) is 14.5 Å². The largest absolute Gasteiger partial charge is 0.339 e. The summed E-state index contributed by atoms with van der Waals surface area (Å²) in [5.41, 5.74) is 0.200. The summed E-state index contributed by atoms with van der Waals surface area (Å²) in [5, 5.41) is 7.36. The number of amides is 1. The van der Waals surface area contributed by atoms with E-state index in [1.807, 2.05) is 7.05 Å². The Morgan fingerprint density at radius 3 is 2.70 bits per heavy atom. The fourth-order valence-electron chi connectivity index (χ4n) is 3.46. The minimum absolute atomic E-state index is 0. The van der Waals surface area contributed by atoms with Crippen LogP contribution in [0.5, 0.6) is 0 Å². The van der Waals surface area contributed by atoms with Gasteiger partial charge in [0.1, 0.15) is 11.6 Å². The lowest BCUT2D eigenvalue weighted by atomic mass is 10.1. The number of anilines is 1. The number of carbonyl (C=O) groups is 1. The molecule has 10 heteroatoms. The Bertz CT molecular complexity index is 813. The molecule has 1 amide bonds. The van der Waals surface area contributed by atoms with E-state index in [0.717, 1.165) is 37.8 Å². The molecule has 7 nitrogen and oxygen atoms in total. The van der Waals surface area contributed by atoms with Gasteiger partial charge in [0.05, 0.1) is 12.0 Å². The predicted octanol–water partition coefficient (Wildman–Crippen LogP) is 1.87. The lowest BCUT2D eigenvalue weighted by Gasteiger charge is -2.30. The van der Waals surface area contributed by atoms with Gasteiger partial charge in [-0.2, -0.15) is 4.98 Å². The second-order valence-electron chi connectivity index (χ2n) is 6.72. The highest BCUT2D eigenvalue weighted by Gasteiger charge is 2.36. The van der Waals surface area contributed by atoms with Crippen molar-refractivity contribution in [2.75, 3.05) is 38.1 Å². The number of nitrogens with one attached hydrogen (secondary N) is 1. The average molecular weight is 400 g/mol. The number of rotatable bonds is 3. The Hall–Kier alpha value is -2.10. The zero-order chi connectivity index (χ0) is 18.3. The Labute approximate surface area is 161 Å². The molecule has 0 radical (unpaired) electrons. The molecular formula is C17H20ClF2N5O2. The zero-order valence-corrected chi connectivity index (χ0v) is 15.5. The molecule has 1 aromatic heterocycles. The minimum Gasteiger partial charge on any atom is -0.339 e. The molecule has 1 N–H and O–H groups in total. The first kappa shape index (κ1) is 19.7. The number of benzene rings is 1. The smallest absolute Gasteiger partial charge is 0.232 e. The number of nitrogens with zero attached hydrogens (tertiary/aromatic N) is 4.